The van der Waals surface area contributed by atoms with Crippen molar-refractivity contribution < 1.29 is 4.79 Å². The molecule has 0 bridgehead atoms. The molecule has 0 unspecified atom stereocenters. The van der Waals surface area contributed by atoms with Crippen LogP contribution in [0.2, 0.25) is 0 Å². The Morgan fingerprint density at radius 3 is 2.58 bits per heavy atom. The van der Waals surface area contributed by atoms with E-state index in [0.717, 1.165) is 31.1 Å². The number of aromatic nitrogens is 1. The highest BCUT2D eigenvalue weighted by Gasteiger charge is 2.26. The Labute approximate surface area is 157 Å². The van der Waals surface area contributed by atoms with Crippen molar-refractivity contribution in [1.82, 2.24) is 9.47 Å². The van der Waals surface area contributed by atoms with Gasteiger partial charge in [-0.2, -0.15) is 0 Å². The molecule has 0 atom stereocenters. The summed E-state index contributed by atoms with van der Waals surface area (Å²) < 4.78 is 3.55. The summed E-state index contributed by atoms with van der Waals surface area (Å²) >= 11 is 1.64. The van der Waals surface area contributed by atoms with Crippen molar-refractivity contribution in [1.29, 1.82) is 0 Å². The largest absolute Gasteiger partial charge is 0.368 e. The molecule has 1 saturated heterocycles. The Hall–Kier alpha value is -2.27. The minimum atomic E-state index is 0.188. The Balaban J connectivity index is 1.27. The van der Waals surface area contributed by atoms with Crippen LogP contribution in [0.15, 0.2) is 42.7 Å². The minimum absolute atomic E-state index is 0.188. The molecule has 2 aromatic heterocycles. The zero-order valence-corrected chi connectivity index (χ0v) is 15.8. The second-order valence-corrected chi connectivity index (χ2v) is 8.57. The van der Waals surface area contributed by atoms with Gasteiger partial charge in [-0.1, -0.05) is 12.1 Å². The standard InChI is InChI=1S/C21H23N3OS/c1-15-3-2-4-18(11-15)22-7-9-23(10-8-22)21(25)19-12-16-13-24(17-5-6-17)14-20(16)26-19/h2-4,11-14,17H,5-10H2,1H3. The Bertz CT molecular complexity index is 929. The summed E-state index contributed by atoms with van der Waals surface area (Å²) in [6.07, 6.45) is 7.00. The van der Waals surface area contributed by atoms with Crippen LogP contribution in [0.5, 0.6) is 0 Å². The van der Waals surface area contributed by atoms with Gasteiger partial charge in [-0.05, 0) is 43.5 Å². The number of nitrogens with zero attached hydrogens (tertiary/aromatic N) is 3. The quantitative estimate of drug-likeness (QED) is 0.692. The molecule has 26 heavy (non-hydrogen) atoms. The normalized spacial score (nSPS) is 17.9. The summed E-state index contributed by atoms with van der Waals surface area (Å²) in [4.78, 5) is 18.2. The number of amides is 1. The second-order valence-electron chi connectivity index (χ2n) is 7.49. The summed E-state index contributed by atoms with van der Waals surface area (Å²) in [5, 5.41) is 1.21. The Kier molecular flexibility index (Phi) is 3.78. The molecule has 4 nitrogen and oxygen atoms in total. The molecule has 1 amide bonds. The number of carbonyl (C=O) groups excluding carboxylic acids is 1. The molecule has 1 aromatic carbocycles. The first kappa shape index (κ1) is 15.9. The van der Waals surface area contributed by atoms with Gasteiger partial charge in [0.1, 0.15) is 0 Å². The van der Waals surface area contributed by atoms with Gasteiger partial charge in [-0.3, -0.25) is 4.79 Å². The predicted molar refractivity (Wildman–Crippen MR) is 107 cm³/mol. The van der Waals surface area contributed by atoms with Crippen LogP contribution in [0.25, 0.3) is 10.1 Å². The minimum Gasteiger partial charge on any atom is -0.368 e. The number of anilines is 1. The van der Waals surface area contributed by atoms with Gasteiger partial charge in [0.05, 0.1) is 9.58 Å². The van der Waals surface area contributed by atoms with E-state index in [1.165, 1.54) is 34.2 Å². The first-order chi connectivity index (χ1) is 12.7. The number of benzene rings is 1. The molecule has 2 aliphatic rings. The first-order valence-electron chi connectivity index (χ1n) is 9.39. The molecule has 1 saturated carbocycles. The van der Waals surface area contributed by atoms with Gasteiger partial charge in [-0.25, -0.2) is 0 Å². The van der Waals surface area contributed by atoms with Crippen LogP contribution in [-0.2, 0) is 0 Å². The zero-order chi connectivity index (χ0) is 17.7. The summed E-state index contributed by atoms with van der Waals surface area (Å²) in [5.41, 5.74) is 2.54. The van der Waals surface area contributed by atoms with Gasteiger partial charge in [0.25, 0.3) is 5.91 Å². The molecule has 5 heteroatoms. The van der Waals surface area contributed by atoms with Crippen molar-refractivity contribution in [2.75, 3.05) is 31.1 Å². The molecule has 1 aliphatic heterocycles. The lowest BCUT2D eigenvalue weighted by Crippen LogP contribution is -2.48. The first-order valence-corrected chi connectivity index (χ1v) is 10.2. The number of piperazine rings is 1. The van der Waals surface area contributed by atoms with Gasteiger partial charge in [-0.15, -0.1) is 11.3 Å². The maximum Gasteiger partial charge on any atom is 0.264 e. The van der Waals surface area contributed by atoms with Crippen molar-refractivity contribution in [3.8, 4) is 0 Å². The van der Waals surface area contributed by atoms with E-state index in [0.29, 0.717) is 6.04 Å². The molecule has 5 rings (SSSR count). The third-order valence-electron chi connectivity index (χ3n) is 5.46. The number of hydrogen-bond acceptors (Lipinski definition) is 3. The fourth-order valence-corrected chi connectivity index (χ4v) is 4.83. The van der Waals surface area contributed by atoms with E-state index in [1.54, 1.807) is 11.3 Å². The van der Waals surface area contributed by atoms with Crippen molar-refractivity contribution in [3.63, 3.8) is 0 Å². The summed E-state index contributed by atoms with van der Waals surface area (Å²) in [7, 11) is 0. The van der Waals surface area contributed by atoms with Crippen molar-refractivity contribution in [3.05, 3.63) is 53.2 Å². The Morgan fingerprint density at radius 2 is 1.88 bits per heavy atom. The van der Waals surface area contributed by atoms with Crippen molar-refractivity contribution in [2.45, 2.75) is 25.8 Å². The lowest BCUT2D eigenvalue weighted by molar-refractivity contribution is 0.0751. The number of hydrogen-bond donors (Lipinski definition) is 0. The van der Waals surface area contributed by atoms with Crippen molar-refractivity contribution in [2.24, 2.45) is 0 Å². The molecule has 3 aromatic rings. The SMILES string of the molecule is Cc1cccc(N2CCN(C(=O)c3cc4cn(C5CC5)cc4s3)CC2)c1. The van der Waals surface area contributed by atoms with E-state index in [2.05, 4.69) is 59.1 Å². The van der Waals surface area contributed by atoms with Crippen LogP contribution in [0.4, 0.5) is 5.69 Å². The van der Waals surface area contributed by atoms with E-state index in [4.69, 9.17) is 0 Å². The van der Waals surface area contributed by atoms with Crippen LogP contribution in [0.1, 0.15) is 34.1 Å². The highest BCUT2D eigenvalue weighted by Crippen LogP contribution is 2.38. The maximum absolute atomic E-state index is 12.9. The van der Waals surface area contributed by atoms with Crippen molar-refractivity contribution >= 4 is 33.0 Å². The number of fused-ring (bicyclic) bond motifs is 1. The fourth-order valence-electron chi connectivity index (χ4n) is 3.79. The average molecular weight is 366 g/mol. The molecule has 134 valence electrons. The van der Waals surface area contributed by atoms with E-state index in [9.17, 15) is 4.79 Å². The molecule has 1 aliphatic carbocycles. The van der Waals surface area contributed by atoms with E-state index in [-0.39, 0.29) is 5.91 Å². The maximum atomic E-state index is 12.9. The van der Waals surface area contributed by atoms with Crippen LogP contribution >= 0.6 is 11.3 Å². The number of thiophene rings is 1. The molecule has 0 spiro atoms. The third-order valence-corrected chi connectivity index (χ3v) is 6.53. The summed E-state index contributed by atoms with van der Waals surface area (Å²) in [6, 6.07) is 11.4. The monoisotopic (exact) mass is 365 g/mol. The average Bonchev–Trinajstić information content (AvgIpc) is 3.31. The van der Waals surface area contributed by atoms with E-state index in [1.807, 2.05) is 4.90 Å². The highest BCUT2D eigenvalue weighted by atomic mass is 32.1. The number of carbonyl (C=O) groups is 1. The number of aryl methyl sites for hydroxylation is 1. The summed E-state index contributed by atoms with van der Waals surface area (Å²) in [5.74, 6) is 0.188. The van der Waals surface area contributed by atoms with Gasteiger partial charge in [0, 0.05) is 55.7 Å². The van der Waals surface area contributed by atoms with Gasteiger partial charge < -0.3 is 14.4 Å². The van der Waals surface area contributed by atoms with Crippen LogP contribution in [0.3, 0.4) is 0 Å². The molecule has 0 N–H and O–H groups in total. The molecule has 2 fully saturated rings. The third kappa shape index (κ3) is 2.90. The molecular formula is C21H23N3OS. The predicted octanol–water partition coefficient (Wildman–Crippen LogP) is 4.31. The lowest BCUT2D eigenvalue weighted by atomic mass is 10.2. The number of rotatable bonds is 3. The topological polar surface area (TPSA) is 28.5 Å². The smallest absolute Gasteiger partial charge is 0.264 e. The summed E-state index contributed by atoms with van der Waals surface area (Å²) in [6.45, 7) is 5.49. The molecule has 3 heterocycles. The van der Waals surface area contributed by atoms with Crippen LogP contribution < -0.4 is 4.90 Å². The zero-order valence-electron chi connectivity index (χ0n) is 15.0. The second kappa shape index (κ2) is 6.16. The molecular weight excluding hydrogens is 342 g/mol. The van der Waals surface area contributed by atoms with E-state index >= 15 is 0 Å². The fraction of sp³-hybridized carbons (Fsp3) is 0.381. The van der Waals surface area contributed by atoms with E-state index < -0.39 is 0 Å². The van der Waals surface area contributed by atoms with Gasteiger partial charge >= 0.3 is 0 Å². The van der Waals surface area contributed by atoms with Gasteiger partial charge in [0.15, 0.2) is 0 Å². The lowest BCUT2D eigenvalue weighted by Gasteiger charge is -2.36. The van der Waals surface area contributed by atoms with Crippen LogP contribution in [0, 0.1) is 6.92 Å². The molecule has 0 radical (unpaired) electrons. The van der Waals surface area contributed by atoms with Gasteiger partial charge in [0.2, 0.25) is 0 Å². The van der Waals surface area contributed by atoms with Crippen LogP contribution in [-0.4, -0.2) is 41.6 Å². The highest BCUT2D eigenvalue weighted by molar-refractivity contribution is 7.20. The Morgan fingerprint density at radius 1 is 1.08 bits per heavy atom.